The Bertz CT molecular complexity index is 654. The summed E-state index contributed by atoms with van der Waals surface area (Å²) >= 11 is 0. The Morgan fingerprint density at radius 2 is 1.81 bits per heavy atom. The number of hydrogen-bond donors (Lipinski definition) is 1. The Hall–Kier alpha value is -1.89. The van der Waals surface area contributed by atoms with Gasteiger partial charge in [0.25, 0.3) is 0 Å². The van der Waals surface area contributed by atoms with Crippen molar-refractivity contribution in [2.45, 2.75) is 57.4 Å². The summed E-state index contributed by atoms with van der Waals surface area (Å²) in [4.78, 5) is 27.2. The fraction of sp³-hybridized carbons (Fsp3) is 0.750. The van der Waals surface area contributed by atoms with Crippen LogP contribution in [0.3, 0.4) is 0 Å². The lowest BCUT2D eigenvalue weighted by Gasteiger charge is -2.35. The average molecular weight is 374 g/mol. The summed E-state index contributed by atoms with van der Waals surface area (Å²) in [6.45, 7) is 2.72. The summed E-state index contributed by atoms with van der Waals surface area (Å²) in [6.07, 6.45) is 10.0. The summed E-state index contributed by atoms with van der Waals surface area (Å²) < 4.78 is 7.23. The van der Waals surface area contributed by atoms with Crippen LogP contribution in [0.5, 0.6) is 0 Å². The molecule has 1 aromatic heterocycles. The molecule has 2 saturated heterocycles. The Balaban J connectivity index is 1.32. The molecule has 0 radical (unpaired) electrons. The summed E-state index contributed by atoms with van der Waals surface area (Å²) in [5.74, 6) is 1.29. The number of hydrogen-bond acceptors (Lipinski definition) is 4. The minimum absolute atomic E-state index is 0.0131. The average Bonchev–Trinajstić information content (AvgIpc) is 3.40. The van der Waals surface area contributed by atoms with Crippen LogP contribution in [0, 0.1) is 11.8 Å². The van der Waals surface area contributed by atoms with E-state index in [2.05, 4.69) is 10.4 Å². The molecule has 148 valence electrons. The standard InChI is InChI=1S/C20H30N4O3/c25-19(16-9-13-27-14-16)22-18-6-10-21-24(18)17-7-11-23(12-8-17)20(26)15-4-2-1-3-5-15/h6,10,15-17H,1-5,7-9,11-14H2,(H,22,25)/t16-/m1/s1. The van der Waals surface area contributed by atoms with Gasteiger partial charge in [-0.15, -0.1) is 0 Å². The van der Waals surface area contributed by atoms with Gasteiger partial charge in [0.2, 0.25) is 11.8 Å². The molecule has 7 heteroatoms. The maximum atomic E-state index is 12.7. The SMILES string of the molecule is O=C(Nc1ccnn1C1CCN(C(=O)C2CCCCC2)CC1)[C@@H]1CCOC1. The second-order valence-corrected chi connectivity index (χ2v) is 8.10. The van der Waals surface area contributed by atoms with Crippen molar-refractivity contribution in [3.63, 3.8) is 0 Å². The van der Waals surface area contributed by atoms with Gasteiger partial charge in [0.1, 0.15) is 5.82 Å². The van der Waals surface area contributed by atoms with E-state index < -0.39 is 0 Å². The predicted octanol–water partition coefficient (Wildman–Crippen LogP) is 2.60. The second kappa shape index (κ2) is 8.42. The quantitative estimate of drug-likeness (QED) is 0.879. The fourth-order valence-corrected chi connectivity index (χ4v) is 4.61. The van der Waals surface area contributed by atoms with Gasteiger partial charge in [-0.05, 0) is 32.1 Å². The van der Waals surface area contributed by atoms with Crippen molar-refractivity contribution in [2.75, 3.05) is 31.6 Å². The lowest BCUT2D eigenvalue weighted by Crippen LogP contribution is -2.43. The highest BCUT2D eigenvalue weighted by atomic mass is 16.5. The molecule has 3 aliphatic rings. The molecule has 0 spiro atoms. The molecule has 1 atom stereocenters. The van der Waals surface area contributed by atoms with Crippen molar-refractivity contribution in [3.05, 3.63) is 12.3 Å². The van der Waals surface area contributed by atoms with E-state index in [4.69, 9.17) is 4.74 Å². The van der Waals surface area contributed by atoms with Crippen molar-refractivity contribution in [1.29, 1.82) is 0 Å². The zero-order valence-electron chi connectivity index (χ0n) is 15.9. The Morgan fingerprint density at radius 1 is 1.04 bits per heavy atom. The van der Waals surface area contributed by atoms with Crippen LogP contribution in [0.15, 0.2) is 12.3 Å². The molecule has 2 amide bonds. The van der Waals surface area contributed by atoms with Crippen LogP contribution in [-0.4, -0.2) is 52.8 Å². The molecule has 1 aliphatic carbocycles. The zero-order chi connectivity index (χ0) is 18.6. The lowest BCUT2D eigenvalue weighted by atomic mass is 9.87. The molecular formula is C20H30N4O3. The first-order valence-electron chi connectivity index (χ1n) is 10.4. The van der Waals surface area contributed by atoms with E-state index in [0.717, 1.165) is 51.0 Å². The van der Waals surface area contributed by atoms with Crippen LogP contribution in [0.4, 0.5) is 5.82 Å². The van der Waals surface area contributed by atoms with Crippen LogP contribution in [0.25, 0.3) is 0 Å². The molecule has 0 unspecified atom stereocenters. The van der Waals surface area contributed by atoms with Gasteiger partial charge in [0.15, 0.2) is 0 Å². The molecule has 0 bridgehead atoms. The molecule has 4 rings (SSSR count). The summed E-state index contributed by atoms with van der Waals surface area (Å²) in [6, 6.07) is 2.08. The second-order valence-electron chi connectivity index (χ2n) is 8.10. The molecule has 3 heterocycles. The maximum absolute atomic E-state index is 12.7. The van der Waals surface area contributed by atoms with E-state index in [0.29, 0.717) is 19.1 Å². The molecule has 7 nitrogen and oxygen atoms in total. The topological polar surface area (TPSA) is 76.5 Å². The number of anilines is 1. The van der Waals surface area contributed by atoms with Crippen molar-refractivity contribution in [2.24, 2.45) is 11.8 Å². The smallest absolute Gasteiger partial charge is 0.231 e. The number of carbonyl (C=O) groups is 2. The van der Waals surface area contributed by atoms with Gasteiger partial charge in [-0.2, -0.15) is 5.10 Å². The highest BCUT2D eigenvalue weighted by Crippen LogP contribution is 2.30. The summed E-state index contributed by atoms with van der Waals surface area (Å²) in [5.41, 5.74) is 0. The third kappa shape index (κ3) is 4.18. The Kier molecular flexibility index (Phi) is 5.76. The third-order valence-corrected chi connectivity index (χ3v) is 6.30. The zero-order valence-corrected chi connectivity index (χ0v) is 15.9. The normalized spacial score (nSPS) is 24.9. The van der Waals surface area contributed by atoms with E-state index in [9.17, 15) is 9.59 Å². The molecule has 2 aliphatic heterocycles. The molecule has 1 N–H and O–H groups in total. The van der Waals surface area contributed by atoms with Gasteiger partial charge in [0.05, 0.1) is 24.8 Å². The predicted molar refractivity (Wildman–Crippen MR) is 101 cm³/mol. The lowest BCUT2D eigenvalue weighted by molar-refractivity contribution is -0.137. The van der Waals surface area contributed by atoms with Crippen molar-refractivity contribution < 1.29 is 14.3 Å². The van der Waals surface area contributed by atoms with Crippen LogP contribution in [-0.2, 0) is 14.3 Å². The van der Waals surface area contributed by atoms with Gasteiger partial charge in [0, 0.05) is 31.7 Å². The number of rotatable bonds is 4. The number of nitrogens with one attached hydrogen (secondary N) is 1. The van der Waals surface area contributed by atoms with Crippen LogP contribution in [0.1, 0.15) is 57.4 Å². The van der Waals surface area contributed by atoms with Crippen molar-refractivity contribution in [3.8, 4) is 0 Å². The molecule has 1 saturated carbocycles. The van der Waals surface area contributed by atoms with E-state index in [-0.39, 0.29) is 23.8 Å². The maximum Gasteiger partial charge on any atom is 0.231 e. The van der Waals surface area contributed by atoms with Crippen molar-refractivity contribution in [1.82, 2.24) is 14.7 Å². The number of aromatic nitrogens is 2. The molecule has 27 heavy (non-hydrogen) atoms. The number of amides is 2. The first kappa shape index (κ1) is 18.5. The van der Waals surface area contributed by atoms with Gasteiger partial charge >= 0.3 is 0 Å². The third-order valence-electron chi connectivity index (χ3n) is 6.30. The van der Waals surface area contributed by atoms with Gasteiger partial charge in [-0.25, -0.2) is 4.68 Å². The van der Waals surface area contributed by atoms with Gasteiger partial charge in [-0.1, -0.05) is 19.3 Å². The van der Waals surface area contributed by atoms with E-state index >= 15 is 0 Å². The number of ether oxygens (including phenoxy) is 1. The summed E-state index contributed by atoms with van der Waals surface area (Å²) in [5, 5.41) is 7.46. The number of piperidine rings is 1. The molecule has 0 aromatic carbocycles. The Labute approximate surface area is 160 Å². The molecular weight excluding hydrogens is 344 g/mol. The number of carbonyl (C=O) groups excluding carboxylic acids is 2. The Morgan fingerprint density at radius 3 is 2.52 bits per heavy atom. The molecule has 3 fully saturated rings. The summed E-state index contributed by atoms with van der Waals surface area (Å²) in [7, 11) is 0. The van der Waals surface area contributed by atoms with Gasteiger partial charge in [-0.3, -0.25) is 9.59 Å². The monoisotopic (exact) mass is 374 g/mol. The van der Waals surface area contributed by atoms with Crippen LogP contribution in [0.2, 0.25) is 0 Å². The largest absolute Gasteiger partial charge is 0.381 e. The van der Waals surface area contributed by atoms with Gasteiger partial charge < -0.3 is 15.0 Å². The first-order chi connectivity index (χ1) is 13.2. The first-order valence-corrected chi connectivity index (χ1v) is 10.4. The minimum Gasteiger partial charge on any atom is -0.381 e. The molecule has 1 aromatic rings. The number of nitrogens with zero attached hydrogens (tertiary/aromatic N) is 3. The van der Waals surface area contributed by atoms with E-state index in [1.165, 1.54) is 19.3 Å². The number of likely N-dealkylation sites (tertiary alicyclic amines) is 1. The van der Waals surface area contributed by atoms with Crippen LogP contribution < -0.4 is 5.32 Å². The van der Waals surface area contributed by atoms with E-state index in [1.54, 1.807) is 6.20 Å². The van der Waals surface area contributed by atoms with Crippen molar-refractivity contribution >= 4 is 17.6 Å². The van der Waals surface area contributed by atoms with E-state index in [1.807, 2.05) is 15.6 Å². The fourth-order valence-electron chi connectivity index (χ4n) is 4.61. The highest BCUT2D eigenvalue weighted by molar-refractivity contribution is 5.92. The minimum atomic E-state index is -0.0664. The van der Waals surface area contributed by atoms with Crippen LogP contribution >= 0.6 is 0 Å². The highest BCUT2D eigenvalue weighted by Gasteiger charge is 2.31.